The van der Waals surface area contributed by atoms with Crippen molar-refractivity contribution in [2.45, 2.75) is 53.6 Å². The Balaban J connectivity index is 0.000000294. The Bertz CT molecular complexity index is 2980. The molecule has 2 heterocycles. The molecule has 0 aliphatic carbocycles. The summed E-state index contributed by atoms with van der Waals surface area (Å²) in [5.41, 5.74) is 8.32. The third-order valence-electron chi connectivity index (χ3n) is 10.5. The molecule has 0 spiro atoms. The van der Waals surface area contributed by atoms with Gasteiger partial charge in [-0.25, -0.2) is 24.2 Å². The average molecular weight is 1250 g/mol. The van der Waals surface area contributed by atoms with Gasteiger partial charge in [-0.05, 0) is 148 Å². The molecule has 4 amide bonds. The molecular formula is C55H64Cl2N12O10S4. The van der Waals surface area contributed by atoms with Crippen molar-refractivity contribution in [3.05, 3.63) is 136 Å². The van der Waals surface area contributed by atoms with Gasteiger partial charge >= 0.3 is 24.4 Å². The van der Waals surface area contributed by atoms with Gasteiger partial charge in [-0.2, -0.15) is 4.98 Å². The van der Waals surface area contributed by atoms with E-state index in [0.29, 0.717) is 38.7 Å². The minimum atomic E-state index is -0.689. The number of ether oxygens (including phenoxy) is 4. The highest BCUT2D eigenvalue weighted by Gasteiger charge is 2.15. The molecular weight excluding hydrogens is 1190 g/mol. The van der Waals surface area contributed by atoms with Crippen molar-refractivity contribution in [3.63, 3.8) is 0 Å². The van der Waals surface area contributed by atoms with Crippen molar-refractivity contribution in [2.75, 3.05) is 67.7 Å². The second kappa shape index (κ2) is 37.1. The van der Waals surface area contributed by atoms with Gasteiger partial charge in [0.05, 0.1) is 62.5 Å². The van der Waals surface area contributed by atoms with Crippen LogP contribution in [0.1, 0.15) is 50.4 Å². The Morgan fingerprint density at radius 3 is 1.33 bits per heavy atom. The van der Waals surface area contributed by atoms with Crippen molar-refractivity contribution in [2.24, 2.45) is 0 Å². The molecule has 0 fully saturated rings. The molecule has 4 aromatic carbocycles. The number of benzene rings is 4. The van der Waals surface area contributed by atoms with Crippen LogP contribution in [0, 0.1) is 6.92 Å². The van der Waals surface area contributed by atoms with E-state index in [1.54, 1.807) is 73.5 Å². The zero-order chi connectivity index (χ0) is 61.4. The van der Waals surface area contributed by atoms with Crippen LogP contribution in [0.4, 0.5) is 47.9 Å². The lowest BCUT2D eigenvalue weighted by atomic mass is 9.96. The molecule has 0 saturated heterocycles. The van der Waals surface area contributed by atoms with Gasteiger partial charge in [-0.3, -0.25) is 26.3 Å². The number of aromatic hydroxyl groups is 1. The summed E-state index contributed by atoms with van der Waals surface area (Å²) in [4.78, 5) is 59.4. The monoisotopic (exact) mass is 1250 g/mol. The number of anilines is 5. The molecule has 0 unspecified atom stereocenters. The van der Waals surface area contributed by atoms with Crippen LogP contribution in [0.5, 0.6) is 5.88 Å². The Morgan fingerprint density at radius 1 is 0.578 bits per heavy atom. The van der Waals surface area contributed by atoms with Crippen molar-refractivity contribution in [1.82, 2.24) is 36.2 Å². The molecule has 10 N–H and O–H groups in total. The number of alkyl carbamates (subject to hydrolysis) is 4. The van der Waals surface area contributed by atoms with Crippen LogP contribution in [-0.2, 0) is 32.0 Å². The molecule has 442 valence electrons. The predicted octanol–water partition coefficient (Wildman–Crippen LogP) is 11.5. The molecule has 6 rings (SSSR count). The zero-order valence-electron chi connectivity index (χ0n) is 46.5. The molecule has 2 aromatic heterocycles. The number of hydrogen-bond donors (Lipinski definition) is 10. The summed E-state index contributed by atoms with van der Waals surface area (Å²) in [7, 11) is 6.18. The number of carbonyl (C=O) groups excluding carboxylic acids is 4. The van der Waals surface area contributed by atoms with Crippen LogP contribution in [0.2, 0.25) is 10.0 Å². The van der Waals surface area contributed by atoms with Crippen molar-refractivity contribution < 1.29 is 48.3 Å². The molecule has 0 aliphatic rings. The van der Waals surface area contributed by atoms with Crippen LogP contribution in [-0.4, -0.2) is 112 Å². The highest BCUT2D eigenvalue weighted by atomic mass is 35.5. The quantitative estimate of drug-likeness (QED) is 0.0380. The van der Waals surface area contributed by atoms with Gasteiger partial charge in [0.25, 0.3) is 0 Å². The molecule has 0 radical (unpaired) electrons. The van der Waals surface area contributed by atoms with E-state index in [9.17, 15) is 29.4 Å². The Kier molecular flexibility index (Phi) is 30.9. The first-order valence-electron chi connectivity index (χ1n) is 25.0. The number of pyridine rings is 1. The fourth-order valence-corrected chi connectivity index (χ4v) is 7.67. The number of rotatable bonds is 13. The van der Waals surface area contributed by atoms with Crippen molar-refractivity contribution >= 4 is 146 Å². The maximum Gasteiger partial charge on any atom is 0.413 e. The number of aliphatic hydroxyl groups excluding tert-OH is 1. The molecule has 28 heteroatoms. The van der Waals surface area contributed by atoms with E-state index in [1.807, 2.05) is 75.6 Å². The lowest BCUT2D eigenvalue weighted by Crippen LogP contribution is -2.36. The third kappa shape index (κ3) is 24.9. The van der Waals surface area contributed by atoms with Crippen molar-refractivity contribution in [3.8, 4) is 28.3 Å². The van der Waals surface area contributed by atoms with Gasteiger partial charge in [-0.15, -0.1) is 0 Å². The molecule has 6 aromatic rings. The van der Waals surface area contributed by atoms with Crippen LogP contribution < -0.4 is 47.4 Å². The van der Waals surface area contributed by atoms with E-state index in [1.165, 1.54) is 14.2 Å². The van der Waals surface area contributed by atoms with E-state index in [4.69, 9.17) is 81.5 Å². The third-order valence-corrected chi connectivity index (χ3v) is 11.8. The highest BCUT2D eigenvalue weighted by Crippen LogP contribution is 2.32. The maximum atomic E-state index is 11.3. The topological polar surface area (TPSA) is 284 Å². The molecule has 0 aliphatic heterocycles. The average Bonchev–Trinajstić information content (AvgIpc) is 3.64. The molecule has 0 bridgehead atoms. The van der Waals surface area contributed by atoms with Crippen LogP contribution >= 0.6 is 72.1 Å². The van der Waals surface area contributed by atoms with Crippen LogP contribution in [0.15, 0.2) is 109 Å². The summed E-state index contributed by atoms with van der Waals surface area (Å²) in [6.07, 6.45) is 2.07. The van der Waals surface area contributed by atoms with Gasteiger partial charge in [0.1, 0.15) is 0 Å². The molecule has 0 atom stereocenters. The minimum Gasteiger partial charge on any atom is -0.493 e. The number of amides is 4. The fraction of sp³-hybridized carbons (Fsp3) is 0.255. The first-order valence-corrected chi connectivity index (χ1v) is 27.4. The minimum absolute atomic E-state index is 0.0490. The number of methoxy groups -OCH3 is 2. The predicted molar refractivity (Wildman–Crippen MR) is 342 cm³/mol. The summed E-state index contributed by atoms with van der Waals surface area (Å²) >= 11 is 31.9. The molecule has 83 heavy (non-hydrogen) atoms. The number of aliphatic hydroxyl groups is 1. The Hall–Kier alpha value is -8.11. The van der Waals surface area contributed by atoms with Gasteiger partial charge in [-0.1, -0.05) is 85.1 Å². The summed E-state index contributed by atoms with van der Waals surface area (Å²) in [6, 6.07) is 30.7. The van der Waals surface area contributed by atoms with Gasteiger partial charge < -0.3 is 55.3 Å². The van der Waals surface area contributed by atoms with E-state index in [0.717, 1.165) is 58.5 Å². The normalized spacial score (nSPS) is 9.87. The van der Waals surface area contributed by atoms with Crippen molar-refractivity contribution in [1.29, 1.82) is 0 Å². The number of nitrogens with zero attached hydrogens (tertiary/aromatic N) is 4. The summed E-state index contributed by atoms with van der Waals surface area (Å²) in [5, 5.41) is 41.8. The number of halogens is 2. The van der Waals surface area contributed by atoms with Crippen LogP contribution in [0.25, 0.3) is 22.4 Å². The number of carbonyl (C=O) groups is 4. The number of thiocarbonyl (C=S) groups is 4. The second-order valence-corrected chi connectivity index (χ2v) is 19.1. The fourth-order valence-electron chi connectivity index (χ4n) is 6.65. The van der Waals surface area contributed by atoms with E-state index in [2.05, 4.69) is 73.9 Å². The van der Waals surface area contributed by atoms with Gasteiger partial charge in [0.15, 0.2) is 20.4 Å². The number of hydrogen-bond acceptors (Lipinski definition) is 18. The number of unbranched alkanes of at least 4 members (excludes halogenated alkanes) is 1. The lowest BCUT2D eigenvalue weighted by Gasteiger charge is -2.15. The number of nitrogens with one attached hydrogen (secondary N) is 8. The summed E-state index contributed by atoms with van der Waals surface area (Å²) in [6.45, 7) is 7.80. The first kappa shape index (κ1) is 69.2. The number of para-hydroxylation sites is 4. The Labute approximate surface area is 512 Å². The van der Waals surface area contributed by atoms with Crippen LogP contribution in [0.3, 0.4) is 0 Å². The zero-order valence-corrected chi connectivity index (χ0v) is 51.3. The summed E-state index contributed by atoms with van der Waals surface area (Å²) in [5.74, 6) is 0.685. The van der Waals surface area contributed by atoms with Gasteiger partial charge in [0, 0.05) is 52.7 Å². The second-order valence-electron chi connectivity index (χ2n) is 16.6. The maximum absolute atomic E-state index is 11.3. The van der Waals surface area contributed by atoms with E-state index >= 15 is 0 Å². The largest absolute Gasteiger partial charge is 0.493 e. The molecule has 22 nitrogen and oxygen atoms in total. The SMILES string of the molecule is CCCCc1c(C)nc(N(C)C)nc1O.CCOC(=O)NC(=S)Nc1ccccc1NC(=S)NC(=O)OCC.COC(=O)NC(=S)Nc1ccccc1NC(=S)NC(=O)OC.OCc1c(-c2ccc(Cl)cc2)ccnc1-c1ccc(Cl)cc1. The van der Waals surface area contributed by atoms with E-state index in [-0.39, 0.29) is 46.2 Å². The molecule has 0 saturated carbocycles. The van der Waals surface area contributed by atoms with Gasteiger partial charge in [0.2, 0.25) is 11.8 Å². The smallest absolute Gasteiger partial charge is 0.413 e. The number of aromatic nitrogens is 3. The first-order chi connectivity index (χ1) is 39.7. The lowest BCUT2D eigenvalue weighted by molar-refractivity contribution is 0.157. The number of aryl methyl sites for hydroxylation is 1. The Morgan fingerprint density at radius 2 is 0.976 bits per heavy atom. The standard InChI is InChI=1S/C18H13Cl2NO.C14H18N4O4S2.C12H14N4O4S2.C11H19N3O/c19-14-5-1-12(2-6-14)16-9-10-21-18(17(16)11-22)13-3-7-15(20)8-4-13;1-3-21-13(19)17-11(23)15-9-7-5-6-8-10(9)16-12(24)18-14(20)22-4-2;1-19-11(17)15-9(21)13-7-5-3-4-6-8(7)14-10(22)16-12(18)20-2;1-5-6-7-9-8(2)12-11(14(3)4)13-10(9)15/h1-10,22H,11H2;5-8H,3-4H2,1-2H3,(H2,15,17,19,23)(H2,16,18,20,24);3-6H,1-2H3,(H2,13,15,17,21)(H2,14,16,18,22);5-7H2,1-4H3,(H,12,13,15). The van der Waals surface area contributed by atoms with E-state index < -0.39 is 24.4 Å². The summed E-state index contributed by atoms with van der Waals surface area (Å²) < 4.78 is 18.3. The highest BCUT2D eigenvalue weighted by molar-refractivity contribution is 7.81.